The Labute approximate surface area is 167 Å². The van der Waals surface area contributed by atoms with Gasteiger partial charge in [-0.1, -0.05) is 18.2 Å². The highest BCUT2D eigenvalue weighted by Crippen LogP contribution is 2.37. The van der Waals surface area contributed by atoms with Crippen LogP contribution < -0.4 is 9.47 Å². The van der Waals surface area contributed by atoms with E-state index in [9.17, 15) is 5.11 Å². The molecule has 4 rings (SSSR count). The number of ether oxygens (including phenoxy) is 2. The van der Waals surface area contributed by atoms with Crippen LogP contribution in [0.15, 0.2) is 99.6 Å². The Morgan fingerprint density at radius 2 is 1.41 bits per heavy atom. The fourth-order valence-electron chi connectivity index (χ4n) is 2.66. The van der Waals surface area contributed by atoms with Crippen LogP contribution in [-0.2, 0) is 0 Å². The molecule has 0 radical (unpaired) electrons. The van der Waals surface area contributed by atoms with E-state index in [2.05, 4.69) is 10.2 Å². The van der Waals surface area contributed by atoms with Crippen LogP contribution in [0.4, 0.5) is 11.4 Å². The van der Waals surface area contributed by atoms with E-state index in [4.69, 9.17) is 13.9 Å². The minimum absolute atomic E-state index is 0.250. The van der Waals surface area contributed by atoms with E-state index in [1.54, 1.807) is 37.4 Å². The second-order valence-electron chi connectivity index (χ2n) is 6.14. The van der Waals surface area contributed by atoms with Crippen LogP contribution in [0.2, 0.25) is 0 Å². The lowest BCUT2D eigenvalue weighted by Gasteiger charge is -2.05. The maximum atomic E-state index is 10.0. The first kappa shape index (κ1) is 18.3. The summed E-state index contributed by atoms with van der Waals surface area (Å²) < 4.78 is 16.3. The maximum absolute atomic E-state index is 10.0. The van der Waals surface area contributed by atoms with Crippen molar-refractivity contribution in [2.45, 2.75) is 0 Å². The standard InChI is InChI=1S/C23H18N2O4/c1-27-18-13-9-17(10-14-18)24-25-21-15-22(29-23(21)26)16-7-11-20(12-8-16)28-19-5-3-2-4-6-19/h2-15,26H,1H3. The van der Waals surface area contributed by atoms with Crippen molar-refractivity contribution in [3.8, 4) is 34.5 Å². The molecule has 1 heterocycles. The zero-order valence-electron chi connectivity index (χ0n) is 15.6. The Hall–Kier alpha value is -4.06. The van der Waals surface area contributed by atoms with Crippen molar-refractivity contribution in [2.75, 3.05) is 7.11 Å². The minimum Gasteiger partial charge on any atom is -0.497 e. The van der Waals surface area contributed by atoms with Gasteiger partial charge in [0.05, 0.1) is 12.8 Å². The molecule has 4 aromatic rings. The molecule has 0 fully saturated rings. The third-order valence-corrected chi connectivity index (χ3v) is 4.16. The van der Waals surface area contributed by atoms with Gasteiger partial charge in [0.15, 0.2) is 5.69 Å². The molecule has 1 aromatic heterocycles. The fraction of sp³-hybridized carbons (Fsp3) is 0.0435. The molecule has 6 heteroatoms. The Kier molecular flexibility index (Phi) is 5.25. The Balaban J connectivity index is 1.48. The lowest BCUT2D eigenvalue weighted by Crippen LogP contribution is -1.83. The monoisotopic (exact) mass is 386 g/mol. The first-order chi connectivity index (χ1) is 14.2. The molecule has 6 nitrogen and oxygen atoms in total. The van der Waals surface area contributed by atoms with Gasteiger partial charge in [-0.15, -0.1) is 5.11 Å². The number of hydrogen-bond donors (Lipinski definition) is 1. The Bertz CT molecular complexity index is 1100. The average molecular weight is 386 g/mol. The highest BCUT2D eigenvalue weighted by atomic mass is 16.5. The quantitative estimate of drug-likeness (QED) is 0.367. The van der Waals surface area contributed by atoms with Gasteiger partial charge in [0.25, 0.3) is 0 Å². The number of para-hydroxylation sites is 1. The van der Waals surface area contributed by atoms with Crippen molar-refractivity contribution >= 4 is 11.4 Å². The Morgan fingerprint density at radius 3 is 2.10 bits per heavy atom. The molecule has 0 bridgehead atoms. The summed E-state index contributed by atoms with van der Waals surface area (Å²) in [5.41, 5.74) is 1.67. The SMILES string of the molecule is COc1ccc(N=Nc2cc(-c3ccc(Oc4ccccc4)cc3)oc2O)cc1. The summed E-state index contributed by atoms with van der Waals surface area (Å²) in [6, 6.07) is 25.6. The average Bonchev–Trinajstić information content (AvgIpc) is 3.14. The zero-order valence-corrected chi connectivity index (χ0v) is 15.6. The maximum Gasteiger partial charge on any atom is 0.311 e. The van der Waals surface area contributed by atoms with Crippen molar-refractivity contribution < 1.29 is 19.0 Å². The van der Waals surface area contributed by atoms with Crippen LogP contribution in [0.25, 0.3) is 11.3 Å². The summed E-state index contributed by atoms with van der Waals surface area (Å²) in [5, 5.41) is 18.2. The molecule has 0 aliphatic rings. The van der Waals surface area contributed by atoms with Gasteiger partial charge in [-0.3, -0.25) is 0 Å². The molecule has 0 saturated carbocycles. The molecule has 0 atom stereocenters. The molecule has 0 aliphatic carbocycles. The zero-order chi connectivity index (χ0) is 20.1. The van der Waals surface area contributed by atoms with Gasteiger partial charge in [-0.25, -0.2) is 0 Å². The van der Waals surface area contributed by atoms with E-state index in [-0.39, 0.29) is 11.6 Å². The predicted molar refractivity (Wildman–Crippen MR) is 109 cm³/mol. The van der Waals surface area contributed by atoms with Crippen LogP contribution in [0.5, 0.6) is 23.2 Å². The number of aromatic hydroxyl groups is 1. The number of furan rings is 1. The molecule has 0 unspecified atom stereocenters. The number of hydrogen-bond acceptors (Lipinski definition) is 6. The largest absolute Gasteiger partial charge is 0.497 e. The number of azo groups is 1. The Morgan fingerprint density at radius 1 is 0.759 bits per heavy atom. The van der Waals surface area contributed by atoms with Crippen molar-refractivity contribution in [3.05, 3.63) is 84.9 Å². The van der Waals surface area contributed by atoms with Crippen LogP contribution in [0.1, 0.15) is 0 Å². The van der Waals surface area contributed by atoms with Crippen molar-refractivity contribution in [1.29, 1.82) is 0 Å². The van der Waals surface area contributed by atoms with Gasteiger partial charge in [0.2, 0.25) is 0 Å². The second-order valence-corrected chi connectivity index (χ2v) is 6.14. The molecule has 0 saturated heterocycles. The van der Waals surface area contributed by atoms with Crippen LogP contribution in [0.3, 0.4) is 0 Å². The van der Waals surface area contributed by atoms with E-state index in [1.165, 1.54) is 0 Å². The number of nitrogens with zero attached hydrogens (tertiary/aromatic N) is 2. The third-order valence-electron chi connectivity index (χ3n) is 4.16. The smallest absolute Gasteiger partial charge is 0.311 e. The highest BCUT2D eigenvalue weighted by molar-refractivity contribution is 5.65. The molecule has 0 aliphatic heterocycles. The minimum atomic E-state index is -0.290. The molecule has 3 aromatic carbocycles. The van der Waals surface area contributed by atoms with E-state index in [1.807, 2.05) is 54.6 Å². The molecule has 29 heavy (non-hydrogen) atoms. The number of rotatable bonds is 6. The van der Waals surface area contributed by atoms with Crippen LogP contribution in [-0.4, -0.2) is 12.2 Å². The van der Waals surface area contributed by atoms with Crippen LogP contribution >= 0.6 is 0 Å². The van der Waals surface area contributed by atoms with Crippen molar-refractivity contribution in [1.82, 2.24) is 0 Å². The first-order valence-corrected chi connectivity index (χ1v) is 8.93. The topological polar surface area (TPSA) is 76.6 Å². The normalized spacial score (nSPS) is 10.9. The van der Waals surface area contributed by atoms with E-state index in [0.29, 0.717) is 17.2 Å². The van der Waals surface area contributed by atoms with Gasteiger partial charge in [-0.05, 0) is 60.7 Å². The number of benzene rings is 3. The van der Waals surface area contributed by atoms with E-state index < -0.39 is 0 Å². The van der Waals surface area contributed by atoms with Gasteiger partial charge in [-0.2, -0.15) is 5.11 Å². The molecule has 1 N–H and O–H groups in total. The summed E-state index contributed by atoms with van der Waals surface area (Å²) in [7, 11) is 1.60. The van der Waals surface area contributed by atoms with E-state index in [0.717, 1.165) is 17.1 Å². The summed E-state index contributed by atoms with van der Waals surface area (Å²) in [6.45, 7) is 0. The fourth-order valence-corrected chi connectivity index (χ4v) is 2.66. The highest BCUT2D eigenvalue weighted by Gasteiger charge is 2.12. The van der Waals surface area contributed by atoms with Gasteiger partial charge < -0.3 is 19.0 Å². The van der Waals surface area contributed by atoms with Crippen molar-refractivity contribution in [3.63, 3.8) is 0 Å². The van der Waals surface area contributed by atoms with Gasteiger partial charge in [0, 0.05) is 11.6 Å². The lowest BCUT2D eigenvalue weighted by atomic mass is 10.1. The molecular weight excluding hydrogens is 368 g/mol. The second kappa shape index (κ2) is 8.31. The predicted octanol–water partition coefficient (Wildman–Crippen LogP) is 6.87. The lowest BCUT2D eigenvalue weighted by molar-refractivity contribution is 0.339. The summed E-state index contributed by atoms with van der Waals surface area (Å²) >= 11 is 0. The first-order valence-electron chi connectivity index (χ1n) is 8.93. The molecule has 0 amide bonds. The van der Waals surface area contributed by atoms with Crippen LogP contribution in [0, 0.1) is 0 Å². The third kappa shape index (κ3) is 4.44. The van der Waals surface area contributed by atoms with Crippen molar-refractivity contribution in [2.24, 2.45) is 10.2 Å². The molecular formula is C23H18N2O4. The summed E-state index contributed by atoms with van der Waals surface area (Å²) in [5.74, 6) is 2.39. The van der Waals surface area contributed by atoms with Gasteiger partial charge >= 0.3 is 5.95 Å². The van der Waals surface area contributed by atoms with E-state index >= 15 is 0 Å². The molecule has 144 valence electrons. The molecule has 0 spiro atoms. The summed E-state index contributed by atoms with van der Waals surface area (Å²) in [4.78, 5) is 0. The van der Waals surface area contributed by atoms with Gasteiger partial charge in [0.1, 0.15) is 23.0 Å². The number of methoxy groups -OCH3 is 1. The summed E-state index contributed by atoms with van der Waals surface area (Å²) in [6.07, 6.45) is 0.